The number of ether oxygens (including phenoxy) is 1. The highest BCUT2D eigenvalue weighted by Gasteiger charge is 2.33. The fourth-order valence-electron chi connectivity index (χ4n) is 4.76. The molecule has 1 aliphatic heterocycles. The molecule has 12 nitrogen and oxygen atoms in total. The molecule has 16 heteroatoms. The van der Waals surface area contributed by atoms with Crippen LogP contribution >= 0.6 is 0 Å². The molecular weight excluding hydrogens is 617 g/mol. The fourth-order valence-corrected chi connectivity index (χ4v) is 5.79. The molecule has 0 spiro atoms. The highest BCUT2D eigenvalue weighted by atomic mass is 32.2. The number of imidazole rings is 1. The number of aromatic nitrogens is 2. The maximum absolute atomic E-state index is 13.4. The number of sulfonamides is 1. The third kappa shape index (κ3) is 8.25. The number of urea groups is 1. The molecule has 4 rings (SSSR count). The van der Waals surface area contributed by atoms with Crippen molar-refractivity contribution in [3.05, 3.63) is 66.1 Å². The Kier molecular flexibility index (Phi) is 9.97. The largest absolute Gasteiger partial charge is 0.488 e. The van der Waals surface area contributed by atoms with Crippen LogP contribution in [0.15, 0.2) is 60.0 Å². The Balaban J connectivity index is 1.58. The summed E-state index contributed by atoms with van der Waals surface area (Å²) in [5.74, 6) is -0.361. The molecular formula is C29H35F3N6O6S. The monoisotopic (exact) mass is 652 g/mol. The molecule has 2 aromatic carbocycles. The zero-order valence-corrected chi connectivity index (χ0v) is 25.9. The lowest BCUT2D eigenvalue weighted by atomic mass is 10.0. The van der Waals surface area contributed by atoms with Gasteiger partial charge in [0.15, 0.2) is 5.03 Å². The summed E-state index contributed by atoms with van der Waals surface area (Å²) in [5, 5.41) is 12.2. The maximum atomic E-state index is 13.4. The van der Waals surface area contributed by atoms with Crippen molar-refractivity contribution >= 4 is 33.3 Å². The molecule has 3 N–H and O–H groups in total. The van der Waals surface area contributed by atoms with E-state index < -0.39 is 39.9 Å². The Morgan fingerprint density at radius 1 is 1.20 bits per heavy atom. The first kappa shape index (κ1) is 33.6. The summed E-state index contributed by atoms with van der Waals surface area (Å²) >= 11 is 0. The number of aliphatic hydroxyl groups excluding tert-OH is 1. The van der Waals surface area contributed by atoms with Gasteiger partial charge < -0.3 is 29.5 Å². The van der Waals surface area contributed by atoms with Crippen LogP contribution < -0.4 is 14.8 Å². The molecule has 45 heavy (non-hydrogen) atoms. The summed E-state index contributed by atoms with van der Waals surface area (Å²) in [7, 11) is -0.890. The van der Waals surface area contributed by atoms with Gasteiger partial charge in [-0.1, -0.05) is 6.92 Å². The van der Waals surface area contributed by atoms with Gasteiger partial charge in [0.25, 0.3) is 10.0 Å². The summed E-state index contributed by atoms with van der Waals surface area (Å²) in [6, 6.07) is 7.43. The summed E-state index contributed by atoms with van der Waals surface area (Å²) in [5.41, 5.74) is -0.117. The van der Waals surface area contributed by atoms with E-state index in [2.05, 4.69) is 15.0 Å². The Labute approximate surface area is 258 Å². The molecule has 0 radical (unpaired) electrons. The predicted octanol–water partition coefficient (Wildman–Crippen LogP) is 3.55. The first-order chi connectivity index (χ1) is 21.1. The number of aliphatic hydroxyl groups is 1. The van der Waals surface area contributed by atoms with E-state index in [9.17, 15) is 36.3 Å². The van der Waals surface area contributed by atoms with Crippen LogP contribution in [0.25, 0.3) is 0 Å². The minimum absolute atomic E-state index is 0.0245. The number of halogens is 3. The van der Waals surface area contributed by atoms with Crippen LogP contribution in [0.2, 0.25) is 0 Å². The average Bonchev–Trinajstić information content (AvgIpc) is 3.43. The smallest absolute Gasteiger partial charge is 0.416 e. The number of hydrogen-bond acceptors (Lipinski definition) is 7. The van der Waals surface area contributed by atoms with Crippen molar-refractivity contribution in [3.63, 3.8) is 0 Å². The van der Waals surface area contributed by atoms with Gasteiger partial charge in [0.05, 0.1) is 37.5 Å². The Hall–Kier alpha value is -4.31. The Morgan fingerprint density at radius 2 is 1.87 bits per heavy atom. The fraction of sp³-hybridized carbons (Fsp3) is 0.414. The maximum Gasteiger partial charge on any atom is 0.416 e. The molecule has 3 amide bonds. The standard InChI is InChI=1S/C29H35F3N6O6S/c1-18-13-38(19(2)16-39)27(40)12-20-11-23(35-45(42,43)26-15-36(3)17-33-26)9-10-24(20)44-25(18)14-37(4)28(41)34-22-7-5-21(6-8-22)29(30,31)32/h5-11,15,17-19,25,35,39H,12-14,16H2,1-4H3,(H,34,41)/t18-,19-,25+/m0/s1. The molecule has 244 valence electrons. The number of alkyl halides is 3. The highest BCUT2D eigenvalue weighted by molar-refractivity contribution is 7.92. The lowest BCUT2D eigenvalue weighted by molar-refractivity contribution is -0.137. The molecule has 0 aliphatic carbocycles. The van der Waals surface area contributed by atoms with Crippen molar-refractivity contribution in [2.75, 3.05) is 36.8 Å². The van der Waals surface area contributed by atoms with Gasteiger partial charge in [0.1, 0.15) is 11.9 Å². The van der Waals surface area contributed by atoms with Crippen LogP contribution in [0.5, 0.6) is 5.75 Å². The number of carbonyl (C=O) groups is 2. The van der Waals surface area contributed by atoms with Crippen molar-refractivity contribution in [1.29, 1.82) is 0 Å². The van der Waals surface area contributed by atoms with E-state index in [0.717, 1.165) is 24.3 Å². The summed E-state index contributed by atoms with van der Waals surface area (Å²) in [6.07, 6.45) is -2.64. The Morgan fingerprint density at radius 3 is 2.47 bits per heavy atom. The van der Waals surface area contributed by atoms with Crippen molar-refractivity contribution < 1.29 is 41.0 Å². The number of fused-ring (bicyclic) bond motifs is 1. The van der Waals surface area contributed by atoms with Crippen molar-refractivity contribution in [2.24, 2.45) is 13.0 Å². The first-order valence-corrected chi connectivity index (χ1v) is 15.5. The van der Waals surface area contributed by atoms with Crippen LogP contribution in [-0.2, 0) is 34.5 Å². The van der Waals surface area contributed by atoms with Gasteiger partial charge in [-0.25, -0.2) is 9.78 Å². The molecule has 0 saturated heterocycles. The van der Waals surface area contributed by atoms with Crippen LogP contribution in [0.1, 0.15) is 25.0 Å². The minimum atomic E-state index is -4.51. The normalized spacial score (nSPS) is 18.1. The molecule has 0 bridgehead atoms. The minimum Gasteiger partial charge on any atom is -0.488 e. The third-order valence-electron chi connectivity index (χ3n) is 7.39. The summed E-state index contributed by atoms with van der Waals surface area (Å²) in [4.78, 5) is 33.1. The average molecular weight is 653 g/mol. The number of likely N-dealkylation sites (N-methyl/N-ethyl adjacent to an activating group) is 1. The summed E-state index contributed by atoms with van der Waals surface area (Å²) < 4.78 is 74.8. The number of anilines is 2. The van der Waals surface area contributed by atoms with Gasteiger partial charge in [-0.2, -0.15) is 21.6 Å². The van der Waals surface area contributed by atoms with Gasteiger partial charge in [-0.05, 0) is 49.4 Å². The zero-order valence-electron chi connectivity index (χ0n) is 25.1. The van der Waals surface area contributed by atoms with E-state index >= 15 is 0 Å². The molecule has 3 aromatic rings. The quantitative estimate of drug-likeness (QED) is 0.338. The van der Waals surface area contributed by atoms with E-state index in [1.807, 2.05) is 6.92 Å². The van der Waals surface area contributed by atoms with E-state index in [1.54, 1.807) is 14.0 Å². The molecule has 0 fully saturated rings. The first-order valence-electron chi connectivity index (χ1n) is 14.0. The van der Waals surface area contributed by atoms with Gasteiger partial charge in [0, 0.05) is 49.7 Å². The van der Waals surface area contributed by atoms with Crippen molar-refractivity contribution in [2.45, 2.75) is 43.6 Å². The second kappa shape index (κ2) is 13.4. The van der Waals surface area contributed by atoms with E-state index in [4.69, 9.17) is 4.74 Å². The highest BCUT2D eigenvalue weighted by Crippen LogP contribution is 2.31. The molecule has 3 atom stereocenters. The van der Waals surface area contributed by atoms with Crippen LogP contribution in [-0.4, -0.2) is 83.7 Å². The van der Waals surface area contributed by atoms with E-state index in [-0.39, 0.29) is 54.3 Å². The number of hydrogen-bond donors (Lipinski definition) is 3. The van der Waals surface area contributed by atoms with E-state index in [1.165, 1.54) is 52.1 Å². The number of rotatable bonds is 8. The van der Waals surface area contributed by atoms with Crippen LogP contribution in [0.3, 0.4) is 0 Å². The second-order valence-corrected chi connectivity index (χ2v) is 12.7. The lowest BCUT2D eigenvalue weighted by Crippen LogP contribution is -2.48. The summed E-state index contributed by atoms with van der Waals surface area (Å²) in [6.45, 7) is 3.44. The van der Waals surface area contributed by atoms with Crippen LogP contribution in [0.4, 0.5) is 29.3 Å². The number of amides is 3. The van der Waals surface area contributed by atoms with Gasteiger partial charge >= 0.3 is 12.2 Å². The Bertz CT molecular complexity index is 1630. The number of carbonyl (C=O) groups excluding carboxylic acids is 2. The van der Waals surface area contributed by atoms with Crippen molar-refractivity contribution in [1.82, 2.24) is 19.4 Å². The van der Waals surface area contributed by atoms with Gasteiger partial charge in [-0.15, -0.1) is 0 Å². The van der Waals surface area contributed by atoms with Crippen LogP contribution in [0, 0.1) is 5.92 Å². The number of nitrogens with zero attached hydrogens (tertiary/aromatic N) is 4. The number of aryl methyl sites for hydroxylation is 1. The number of nitrogens with one attached hydrogen (secondary N) is 2. The van der Waals surface area contributed by atoms with E-state index in [0.29, 0.717) is 11.3 Å². The number of benzene rings is 2. The molecule has 1 aliphatic rings. The zero-order chi connectivity index (χ0) is 33.1. The molecule has 1 aromatic heterocycles. The third-order valence-corrected chi connectivity index (χ3v) is 8.66. The topological polar surface area (TPSA) is 146 Å². The molecule has 0 saturated carbocycles. The predicted molar refractivity (Wildman–Crippen MR) is 159 cm³/mol. The molecule has 0 unspecified atom stereocenters. The SMILES string of the molecule is C[C@H]1CN([C@@H](C)CO)C(=O)Cc2cc(NS(=O)(=O)c3cn(C)cn3)ccc2O[C@@H]1CN(C)C(=O)Nc1ccc(C(F)(F)F)cc1. The van der Waals surface area contributed by atoms with Crippen molar-refractivity contribution in [3.8, 4) is 5.75 Å². The molecule has 2 heterocycles. The van der Waals surface area contributed by atoms with Gasteiger partial charge in [-0.3, -0.25) is 9.52 Å². The van der Waals surface area contributed by atoms with Gasteiger partial charge in [0.2, 0.25) is 5.91 Å². The second-order valence-electron chi connectivity index (χ2n) is 11.1. The lowest BCUT2D eigenvalue weighted by Gasteiger charge is -2.34.